The molecule has 7 heteroatoms. The van der Waals surface area contributed by atoms with Crippen LogP contribution in [0.25, 0.3) is 0 Å². The summed E-state index contributed by atoms with van der Waals surface area (Å²) in [5.41, 5.74) is 5.20. The lowest BCUT2D eigenvalue weighted by Crippen LogP contribution is -2.13. The Hall–Kier alpha value is -1.76. The molecule has 0 aliphatic heterocycles. The quantitative estimate of drug-likeness (QED) is 0.812. The number of hydrogen-bond acceptors (Lipinski definition) is 4. The Bertz CT molecular complexity index is 424. The van der Waals surface area contributed by atoms with Crippen molar-refractivity contribution in [2.75, 3.05) is 7.11 Å². The van der Waals surface area contributed by atoms with Crippen molar-refractivity contribution < 1.29 is 23.4 Å². The molecule has 3 N–H and O–H groups in total. The first kappa shape index (κ1) is 13.3. The number of nitrogens with zero attached hydrogens (tertiary/aromatic N) is 1. The van der Waals surface area contributed by atoms with E-state index in [0.717, 1.165) is 6.20 Å². The molecule has 1 aromatic heterocycles. The van der Waals surface area contributed by atoms with E-state index in [1.54, 1.807) is 0 Å². The first-order chi connectivity index (χ1) is 8.01. The van der Waals surface area contributed by atoms with Crippen LogP contribution in [0.1, 0.15) is 23.1 Å². The number of alkyl halides is 2. The number of halogens is 2. The van der Waals surface area contributed by atoms with Crippen molar-refractivity contribution in [1.29, 1.82) is 0 Å². The molecule has 0 aromatic carbocycles. The van der Waals surface area contributed by atoms with Gasteiger partial charge in [0.1, 0.15) is 0 Å². The number of aliphatic carboxylic acids is 1. The fourth-order valence-corrected chi connectivity index (χ4v) is 1.53. The second-order valence-corrected chi connectivity index (χ2v) is 3.26. The van der Waals surface area contributed by atoms with Gasteiger partial charge in [0.2, 0.25) is 5.88 Å². The third-order valence-electron chi connectivity index (χ3n) is 2.25. The number of methoxy groups -OCH3 is 1. The number of rotatable bonds is 5. The predicted octanol–water partition coefficient (Wildman–Crippen LogP) is 1.11. The highest BCUT2D eigenvalue weighted by Crippen LogP contribution is 2.29. The Kier molecular flexibility index (Phi) is 4.33. The van der Waals surface area contributed by atoms with Crippen LogP contribution in [0.2, 0.25) is 0 Å². The van der Waals surface area contributed by atoms with Gasteiger partial charge in [-0.3, -0.25) is 4.79 Å². The van der Waals surface area contributed by atoms with E-state index in [0.29, 0.717) is 0 Å². The van der Waals surface area contributed by atoms with Gasteiger partial charge in [-0.25, -0.2) is 13.8 Å². The fourth-order valence-electron chi connectivity index (χ4n) is 1.53. The van der Waals surface area contributed by atoms with E-state index in [1.807, 2.05) is 0 Å². The largest absolute Gasteiger partial charge is 0.481 e. The minimum Gasteiger partial charge on any atom is -0.481 e. The Labute approximate surface area is 96.2 Å². The summed E-state index contributed by atoms with van der Waals surface area (Å²) in [5.74, 6) is -1.15. The van der Waals surface area contributed by atoms with E-state index in [4.69, 9.17) is 15.6 Å². The van der Waals surface area contributed by atoms with E-state index < -0.39 is 18.8 Å². The van der Waals surface area contributed by atoms with Crippen molar-refractivity contribution >= 4 is 5.97 Å². The third-order valence-corrected chi connectivity index (χ3v) is 2.25. The number of ether oxygens (including phenoxy) is 1. The summed E-state index contributed by atoms with van der Waals surface area (Å²) in [6.07, 6.45) is -2.25. The van der Waals surface area contributed by atoms with E-state index in [2.05, 4.69) is 4.98 Å². The lowest BCUT2D eigenvalue weighted by molar-refractivity contribution is -0.136. The van der Waals surface area contributed by atoms with Gasteiger partial charge in [-0.1, -0.05) is 0 Å². The van der Waals surface area contributed by atoms with Gasteiger partial charge in [0.05, 0.1) is 13.5 Å². The van der Waals surface area contributed by atoms with Crippen LogP contribution in [0.15, 0.2) is 6.20 Å². The smallest absolute Gasteiger partial charge is 0.308 e. The van der Waals surface area contributed by atoms with Crippen LogP contribution in [-0.2, 0) is 17.8 Å². The summed E-state index contributed by atoms with van der Waals surface area (Å²) >= 11 is 0. The number of hydrogen-bond donors (Lipinski definition) is 2. The van der Waals surface area contributed by atoms with Crippen LogP contribution in [0, 0.1) is 0 Å². The summed E-state index contributed by atoms with van der Waals surface area (Å²) in [6, 6.07) is 0. The number of pyridine rings is 1. The van der Waals surface area contributed by atoms with Crippen molar-refractivity contribution in [2.24, 2.45) is 5.73 Å². The molecule has 0 radical (unpaired) electrons. The Morgan fingerprint density at radius 2 is 2.24 bits per heavy atom. The second kappa shape index (κ2) is 5.53. The number of carboxylic acids is 1. The molecule has 0 spiro atoms. The first-order valence-corrected chi connectivity index (χ1v) is 4.75. The molecule has 94 valence electrons. The van der Waals surface area contributed by atoms with Crippen LogP contribution in [0.3, 0.4) is 0 Å². The van der Waals surface area contributed by atoms with Gasteiger partial charge in [0.25, 0.3) is 6.43 Å². The monoisotopic (exact) mass is 246 g/mol. The van der Waals surface area contributed by atoms with E-state index in [1.165, 1.54) is 7.11 Å². The summed E-state index contributed by atoms with van der Waals surface area (Å²) in [4.78, 5) is 14.3. The number of aromatic nitrogens is 1. The van der Waals surface area contributed by atoms with Gasteiger partial charge < -0.3 is 15.6 Å². The molecule has 0 aliphatic carbocycles. The Morgan fingerprint density at radius 1 is 1.59 bits per heavy atom. The lowest BCUT2D eigenvalue weighted by Gasteiger charge is -2.14. The first-order valence-electron chi connectivity index (χ1n) is 4.75. The molecule has 17 heavy (non-hydrogen) atoms. The van der Waals surface area contributed by atoms with Crippen molar-refractivity contribution in [2.45, 2.75) is 19.4 Å². The molecule has 5 nitrogen and oxygen atoms in total. The highest BCUT2D eigenvalue weighted by atomic mass is 19.3. The molecular weight excluding hydrogens is 234 g/mol. The van der Waals surface area contributed by atoms with Crippen LogP contribution >= 0.6 is 0 Å². The van der Waals surface area contributed by atoms with Crippen LogP contribution in [0.5, 0.6) is 5.88 Å². The van der Waals surface area contributed by atoms with Gasteiger partial charge in [-0.2, -0.15) is 0 Å². The molecule has 0 aliphatic rings. The predicted molar refractivity (Wildman–Crippen MR) is 55.0 cm³/mol. The summed E-state index contributed by atoms with van der Waals surface area (Å²) in [7, 11) is 1.29. The van der Waals surface area contributed by atoms with Crippen molar-refractivity contribution in [3.05, 3.63) is 22.9 Å². The third kappa shape index (κ3) is 2.88. The summed E-state index contributed by atoms with van der Waals surface area (Å²) in [6.45, 7) is -0.193. The number of carbonyl (C=O) groups is 1. The topological polar surface area (TPSA) is 85.4 Å². The lowest BCUT2D eigenvalue weighted by atomic mass is 10.0. The molecule has 1 aromatic rings. The Morgan fingerprint density at radius 3 is 2.65 bits per heavy atom. The molecule has 0 bridgehead atoms. The maximum absolute atomic E-state index is 12.7. The summed E-state index contributed by atoms with van der Waals surface area (Å²) < 4.78 is 30.2. The molecule has 0 amide bonds. The molecular formula is C10H12F2N2O3. The zero-order valence-corrected chi connectivity index (χ0v) is 9.11. The molecule has 1 heterocycles. The van der Waals surface area contributed by atoms with Crippen LogP contribution in [0.4, 0.5) is 8.78 Å². The zero-order valence-electron chi connectivity index (χ0n) is 9.11. The fraction of sp³-hybridized carbons (Fsp3) is 0.400. The van der Waals surface area contributed by atoms with Crippen LogP contribution in [-0.4, -0.2) is 23.2 Å². The highest BCUT2D eigenvalue weighted by molar-refractivity contribution is 5.72. The maximum atomic E-state index is 12.7. The minimum atomic E-state index is -2.75. The maximum Gasteiger partial charge on any atom is 0.308 e. The molecule has 0 saturated carbocycles. The molecule has 0 saturated heterocycles. The number of carboxylic acid groups (broad SMARTS) is 1. The SMILES string of the molecule is COc1ncc(C(F)F)c(CN)c1CC(=O)O. The van der Waals surface area contributed by atoms with Gasteiger partial charge in [0, 0.05) is 23.9 Å². The van der Waals surface area contributed by atoms with Gasteiger partial charge in [0.15, 0.2) is 0 Å². The van der Waals surface area contributed by atoms with Crippen LogP contribution < -0.4 is 10.5 Å². The van der Waals surface area contributed by atoms with Crippen molar-refractivity contribution in [3.8, 4) is 5.88 Å². The second-order valence-electron chi connectivity index (χ2n) is 3.26. The van der Waals surface area contributed by atoms with Gasteiger partial charge >= 0.3 is 5.97 Å². The normalized spacial score (nSPS) is 10.6. The average Bonchev–Trinajstić information content (AvgIpc) is 2.27. The van der Waals surface area contributed by atoms with E-state index >= 15 is 0 Å². The minimum absolute atomic E-state index is 0.0113. The zero-order chi connectivity index (χ0) is 13.0. The summed E-state index contributed by atoms with van der Waals surface area (Å²) in [5, 5.41) is 8.72. The number of nitrogens with two attached hydrogens (primary N) is 1. The molecule has 0 fully saturated rings. The standard InChI is InChI=1S/C10H12F2N2O3/c1-17-10-5(2-8(15)16)6(3-13)7(4-14-10)9(11)12/h4,9H,2-3,13H2,1H3,(H,15,16). The highest BCUT2D eigenvalue weighted by Gasteiger charge is 2.21. The van der Waals surface area contributed by atoms with Gasteiger partial charge in [-0.15, -0.1) is 0 Å². The van der Waals surface area contributed by atoms with E-state index in [9.17, 15) is 13.6 Å². The van der Waals surface area contributed by atoms with Gasteiger partial charge in [-0.05, 0) is 5.56 Å². The molecule has 1 rings (SSSR count). The molecule has 0 atom stereocenters. The van der Waals surface area contributed by atoms with Crippen molar-refractivity contribution in [1.82, 2.24) is 4.98 Å². The average molecular weight is 246 g/mol. The van der Waals surface area contributed by atoms with E-state index in [-0.39, 0.29) is 29.1 Å². The molecule has 0 unspecified atom stereocenters. The Balaban J connectivity index is 3.37. The van der Waals surface area contributed by atoms with Crippen molar-refractivity contribution in [3.63, 3.8) is 0 Å².